The molecule has 3 rings (SSSR count). The SMILES string of the molecule is CC(C)N1CCC(N2CCN(C/C=C/c3ccccc3)C[C@@H]2CCO)CC1. The predicted octanol–water partition coefficient (Wildman–Crippen LogP) is 2.94. The molecule has 2 heterocycles. The van der Waals surface area contributed by atoms with Crippen LogP contribution in [0.25, 0.3) is 6.08 Å². The summed E-state index contributed by atoms with van der Waals surface area (Å²) in [5, 5.41) is 9.59. The molecule has 0 aromatic heterocycles. The number of likely N-dealkylation sites (tertiary alicyclic amines) is 1. The normalized spacial score (nSPS) is 24.2. The second-order valence-corrected chi connectivity index (χ2v) is 8.34. The number of aliphatic hydroxyl groups excluding tert-OH is 1. The minimum absolute atomic E-state index is 0.291. The van der Waals surface area contributed by atoms with Crippen molar-refractivity contribution >= 4 is 6.08 Å². The summed E-state index contributed by atoms with van der Waals surface area (Å²) in [5.41, 5.74) is 1.26. The molecule has 4 heteroatoms. The van der Waals surface area contributed by atoms with Crippen LogP contribution in [-0.4, -0.2) is 83.8 Å². The third kappa shape index (κ3) is 5.89. The summed E-state index contributed by atoms with van der Waals surface area (Å²) in [4.78, 5) is 7.85. The smallest absolute Gasteiger partial charge is 0.0446 e. The van der Waals surface area contributed by atoms with Crippen molar-refractivity contribution < 1.29 is 5.11 Å². The Kier molecular flexibility index (Phi) is 7.89. The van der Waals surface area contributed by atoms with Crippen molar-refractivity contribution in [2.45, 2.75) is 51.2 Å². The lowest BCUT2D eigenvalue weighted by atomic mass is 9.97. The second-order valence-electron chi connectivity index (χ2n) is 8.34. The second kappa shape index (κ2) is 10.4. The molecule has 2 aliphatic rings. The molecule has 4 nitrogen and oxygen atoms in total. The third-order valence-corrected chi connectivity index (χ3v) is 6.25. The Morgan fingerprint density at radius 1 is 1.07 bits per heavy atom. The summed E-state index contributed by atoms with van der Waals surface area (Å²) in [6.07, 6.45) is 7.93. The van der Waals surface area contributed by atoms with Gasteiger partial charge in [-0.05, 0) is 51.8 Å². The van der Waals surface area contributed by atoms with Crippen LogP contribution in [0.1, 0.15) is 38.7 Å². The van der Waals surface area contributed by atoms with Gasteiger partial charge < -0.3 is 10.0 Å². The van der Waals surface area contributed by atoms with E-state index in [0.717, 1.165) is 32.6 Å². The van der Waals surface area contributed by atoms with Crippen LogP contribution in [0.3, 0.4) is 0 Å². The molecule has 0 radical (unpaired) electrons. The molecule has 1 aromatic carbocycles. The van der Waals surface area contributed by atoms with Crippen LogP contribution >= 0.6 is 0 Å². The van der Waals surface area contributed by atoms with Gasteiger partial charge in [0.25, 0.3) is 0 Å². The van der Waals surface area contributed by atoms with E-state index >= 15 is 0 Å². The lowest BCUT2D eigenvalue weighted by Gasteiger charge is -2.48. The Bertz CT molecular complexity index is 566. The van der Waals surface area contributed by atoms with E-state index in [1.807, 2.05) is 0 Å². The quantitative estimate of drug-likeness (QED) is 0.798. The lowest BCUT2D eigenvalue weighted by molar-refractivity contribution is 0.00552. The zero-order chi connectivity index (χ0) is 19.1. The van der Waals surface area contributed by atoms with E-state index in [-0.39, 0.29) is 0 Å². The lowest BCUT2D eigenvalue weighted by Crippen LogP contribution is -2.58. The molecule has 1 N–H and O–H groups in total. The molecule has 0 amide bonds. The van der Waals surface area contributed by atoms with E-state index < -0.39 is 0 Å². The highest BCUT2D eigenvalue weighted by molar-refractivity contribution is 5.48. The number of aliphatic hydroxyl groups is 1. The number of piperidine rings is 1. The van der Waals surface area contributed by atoms with Crippen molar-refractivity contribution in [3.8, 4) is 0 Å². The highest BCUT2D eigenvalue weighted by Gasteiger charge is 2.33. The molecule has 1 atom stereocenters. The number of hydrogen-bond donors (Lipinski definition) is 1. The first-order valence-electron chi connectivity index (χ1n) is 10.7. The minimum Gasteiger partial charge on any atom is -0.396 e. The largest absolute Gasteiger partial charge is 0.396 e. The van der Waals surface area contributed by atoms with E-state index in [4.69, 9.17) is 0 Å². The van der Waals surface area contributed by atoms with Crippen LogP contribution in [0.2, 0.25) is 0 Å². The average molecular weight is 372 g/mol. The van der Waals surface area contributed by atoms with Crippen molar-refractivity contribution in [3.63, 3.8) is 0 Å². The molecule has 1 aromatic rings. The zero-order valence-corrected chi connectivity index (χ0v) is 17.1. The van der Waals surface area contributed by atoms with Crippen molar-refractivity contribution in [2.24, 2.45) is 0 Å². The molecule has 0 aliphatic carbocycles. The Labute approximate surface area is 165 Å². The van der Waals surface area contributed by atoms with Crippen molar-refractivity contribution in [1.29, 1.82) is 0 Å². The fourth-order valence-electron chi connectivity index (χ4n) is 4.62. The molecular formula is C23H37N3O. The summed E-state index contributed by atoms with van der Waals surface area (Å²) in [6.45, 7) is 11.7. The molecular weight excluding hydrogens is 334 g/mol. The Balaban J connectivity index is 1.51. The summed E-state index contributed by atoms with van der Waals surface area (Å²) in [7, 11) is 0. The number of piperazine rings is 1. The molecule has 0 bridgehead atoms. The van der Waals surface area contributed by atoms with Crippen LogP contribution in [0.5, 0.6) is 0 Å². The molecule has 0 saturated carbocycles. The summed E-state index contributed by atoms with van der Waals surface area (Å²) in [5.74, 6) is 0. The summed E-state index contributed by atoms with van der Waals surface area (Å²) in [6, 6.07) is 12.4. The highest BCUT2D eigenvalue weighted by atomic mass is 16.3. The van der Waals surface area contributed by atoms with Gasteiger partial charge in [0.05, 0.1) is 0 Å². The van der Waals surface area contributed by atoms with Crippen LogP contribution in [0, 0.1) is 0 Å². The van der Waals surface area contributed by atoms with E-state index in [1.165, 1.54) is 31.5 Å². The predicted molar refractivity (Wildman–Crippen MR) is 114 cm³/mol. The third-order valence-electron chi connectivity index (χ3n) is 6.25. The zero-order valence-electron chi connectivity index (χ0n) is 17.1. The molecule has 2 fully saturated rings. The maximum absolute atomic E-state index is 9.59. The first-order chi connectivity index (χ1) is 13.2. The van der Waals surface area contributed by atoms with Crippen LogP contribution in [-0.2, 0) is 0 Å². The van der Waals surface area contributed by atoms with E-state index in [2.05, 4.69) is 71.0 Å². The van der Waals surface area contributed by atoms with E-state index in [1.54, 1.807) is 0 Å². The van der Waals surface area contributed by atoms with Crippen LogP contribution in [0.15, 0.2) is 36.4 Å². The first kappa shape index (κ1) is 20.5. The fourth-order valence-corrected chi connectivity index (χ4v) is 4.62. The number of nitrogens with zero attached hydrogens (tertiary/aromatic N) is 3. The Morgan fingerprint density at radius 3 is 2.48 bits per heavy atom. The molecule has 27 heavy (non-hydrogen) atoms. The highest BCUT2D eigenvalue weighted by Crippen LogP contribution is 2.24. The number of benzene rings is 1. The summed E-state index contributed by atoms with van der Waals surface area (Å²) < 4.78 is 0. The average Bonchev–Trinajstić information content (AvgIpc) is 2.69. The molecule has 2 aliphatic heterocycles. The van der Waals surface area contributed by atoms with Gasteiger partial charge in [-0.1, -0.05) is 42.5 Å². The maximum Gasteiger partial charge on any atom is 0.0446 e. The molecule has 0 spiro atoms. The van der Waals surface area contributed by atoms with Gasteiger partial charge in [0, 0.05) is 50.9 Å². The Morgan fingerprint density at radius 2 is 1.81 bits per heavy atom. The van der Waals surface area contributed by atoms with Crippen molar-refractivity contribution in [3.05, 3.63) is 42.0 Å². The monoisotopic (exact) mass is 371 g/mol. The van der Waals surface area contributed by atoms with Crippen molar-refractivity contribution in [2.75, 3.05) is 45.9 Å². The van der Waals surface area contributed by atoms with Crippen LogP contribution < -0.4 is 0 Å². The number of hydrogen-bond acceptors (Lipinski definition) is 4. The molecule has 2 saturated heterocycles. The van der Waals surface area contributed by atoms with Gasteiger partial charge in [0.15, 0.2) is 0 Å². The fraction of sp³-hybridized carbons (Fsp3) is 0.652. The topological polar surface area (TPSA) is 30.0 Å². The maximum atomic E-state index is 9.59. The first-order valence-corrected chi connectivity index (χ1v) is 10.7. The van der Waals surface area contributed by atoms with Crippen molar-refractivity contribution in [1.82, 2.24) is 14.7 Å². The van der Waals surface area contributed by atoms with Crippen LogP contribution in [0.4, 0.5) is 0 Å². The van der Waals surface area contributed by atoms with Gasteiger partial charge in [-0.15, -0.1) is 0 Å². The van der Waals surface area contributed by atoms with Gasteiger partial charge in [-0.25, -0.2) is 0 Å². The van der Waals surface area contributed by atoms with Gasteiger partial charge in [0.1, 0.15) is 0 Å². The van der Waals surface area contributed by atoms with E-state index in [0.29, 0.717) is 24.7 Å². The Hall–Kier alpha value is -1.20. The molecule has 150 valence electrons. The van der Waals surface area contributed by atoms with Gasteiger partial charge in [0.2, 0.25) is 0 Å². The number of rotatable bonds is 7. The standard InChI is InChI=1S/C23H37N3O/c1-20(2)25-14-10-22(11-15-25)26-17-16-24(19-23(26)12-18-27)13-6-9-21-7-4-3-5-8-21/h3-9,20,22-23,27H,10-19H2,1-2H3/b9-6+/t23-/m0/s1. The summed E-state index contributed by atoms with van der Waals surface area (Å²) >= 11 is 0. The van der Waals surface area contributed by atoms with Gasteiger partial charge >= 0.3 is 0 Å². The minimum atomic E-state index is 0.291. The van der Waals surface area contributed by atoms with Gasteiger partial charge in [-0.2, -0.15) is 0 Å². The van der Waals surface area contributed by atoms with Gasteiger partial charge in [-0.3, -0.25) is 9.80 Å². The molecule has 0 unspecified atom stereocenters. The van der Waals surface area contributed by atoms with E-state index in [9.17, 15) is 5.11 Å².